The summed E-state index contributed by atoms with van der Waals surface area (Å²) in [5.74, 6) is 2.38. The molecule has 21 heavy (non-hydrogen) atoms. The fourth-order valence-corrected chi connectivity index (χ4v) is 2.65. The molecule has 0 fully saturated rings. The lowest BCUT2D eigenvalue weighted by molar-refractivity contribution is 0.624. The summed E-state index contributed by atoms with van der Waals surface area (Å²) in [6, 6.07) is 8.58. The molecule has 0 atom stereocenters. The third-order valence-electron chi connectivity index (χ3n) is 2.91. The molecule has 5 heteroatoms. The van der Waals surface area contributed by atoms with Gasteiger partial charge in [-0.1, -0.05) is 19.9 Å². The summed E-state index contributed by atoms with van der Waals surface area (Å²) in [6.07, 6.45) is 0. The molecule has 0 saturated carbocycles. The van der Waals surface area contributed by atoms with Gasteiger partial charge in [0, 0.05) is 23.2 Å². The number of nitrogens with one attached hydrogen (secondary N) is 1. The maximum Gasteiger partial charge on any atom is 0.141 e. The summed E-state index contributed by atoms with van der Waals surface area (Å²) < 4.78 is 13.2. The number of nitrogens with zero attached hydrogens (tertiary/aromatic N) is 2. The summed E-state index contributed by atoms with van der Waals surface area (Å²) in [7, 11) is 0. The van der Waals surface area contributed by atoms with Crippen molar-refractivity contribution in [2.24, 2.45) is 0 Å². The predicted molar refractivity (Wildman–Crippen MR) is 86.2 cm³/mol. The second-order valence-electron chi connectivity index (χ2n) is 5.03. The fourth-order valence-electron chi connectivity index (χ4n) is 1.85. The van der Waals surface area contributed by atoms with Crippen molar-refractivity contribution < 1.29 is 4.39 Å². The fraction of sp³-hybridized carbons (Fsp3) is 0.375. The first kappa shape index (κ1) is 15.8. The molecule has 0 spiro atoms. The zero-order valence-electron chi connectivity index (χ0n) is 12.6. The smallest absolute Gasteiger partial charge is 0.141 e. The Morgan fingerprint density at radius 3 is 2.71 bits per heavy atom. The predicted octanol–water partition coefficient (Wildman–Crippen LogP) is 4.46. The average Bonchev–Trinajstić information content (AvgIpc) is 2.45. The molecule has 1 heterocycles. The minimum atomic E-state index is -0.217. The maximum atomic E-state index is 13.2. The van der Waals surface area contributed by atoms with Crippen LogP contribution in [0.5, 0.6) is 0 Å². The van der Waals surface area contributed by atoms with Gasteiger partial charge in [0.1, 0.15) is 17.5 Å². The van der Waals surface area contributed by atoms with Gasteiger partial charge in [-0.2, -0.15) is 0 Å². The molecule has 2 rings (SSSR count). The summed E-state index contributed by atoms with van der Waals surface area (Å²) in [5.41, 5.74) is 1.02. The lowest BCUT2D eigenvalue weighted by Crippen LogP contribution is -2.06. The summed E-state index contributed by atoms with van der Waals surface area (Å²) in [4.78, 5) is 9.98. The molecule has 112 valence electrons. The van der Waals surface area contributed by atoms with Gasteiger partial charge in [-0.25, -0.2) is 14.4 Å². The van der Waals surface area contributed by atoms with E-state index in [0.29, 0.717) is 11.7 Å². The largest absolute Gasteiger partial charge is 0.370 e. The molecular weight excluding hydrogens is 285 g/mol. The van der Waals surface area contributed by atoms with E-state index in [1.54, 1.807) is 17.8 Å². The number of rotatable bonds is 6. The Morgan fingerprint density at radius 1 is 1.24 bits per heavy atom. The molecule has 0 aliphatic carbocycles. The number of anilines is 1. The van der Waals surface area contributed by atoms with Gasteiger partial charge in [-0.3, -0.25) is 0 Å². The van der Waals surface area contributed by atoms with E-state index in [2.05, 4.69) is 29.1 Å². The Hall–Kier alpha value is -1.62. The van der Waals surface area contributed by atoms with E-state index in [4.69, 9.17) is 0 Å². The van der Waals surface area contributed by atoms with E-state index in [1.165, 1.54) is 12.1 Å². The van der Waals surface area contributed by atoms with Crippen LogP contribution in [0.2, 0.25) is 0 Å². The standard InChI is InChI=1S/C16H20FN3S/c1-4-18-15-9-14(11(2)3)19-16(20-15)10-21-13-7-5-6-12(17)8-13/h5-9,11H,4,10H2,1-3H3,(H,18,19,20). The van der Waals surface area contributed by atoms with Crippen molar-refractivity contribution in [1.29, 1.82) is 0 Å². The number of benzene rings is 1. The molecular formula is C16H20FN3S. The van der Waals surface area contributed by atoms with Crippen molar-refractivity contribution in [3.63, 3.8) is 0 Å². The van der Waals surface area contributed by atoms with Crippen molar-refractivity contribution in [2.45, 2.75) is 37.3 Å². The quantitative estimate of drug-likeness (QED) is 0.799. The minimum Gasteiger partial charge on any atom is -0.370 e. The van der Waals surface area contributed by atoms with Gasteiger partial charge in [0.15, 0.2) is 0 Å². The number of hydrogen-bond donors (Lipinski definition) is 1. The van der Waals surface area contributed by atoms with Crippen LogP contribution in [0, 0.1) is 5.82 Å². The van der Waals surface area contributed by atoms with Gasteiger partial charge in [0.25, 0.3) is 0 Å². The molecule has 0 radical (unpaired) electrons. The highest BCUT2D eigenvalue weighted by molar-refractivity contribution is 7.98. The summed E-state index contributed by atoms with van der Waals surface area (Å²) >= 11 is 1.54. The first-order valence-corrected chi connectivity index (χ1v) is 8.07. The van der Waals surface area contributed by atoms with E-state index in [-0.39, 0.29) is 5.82 Å². The van der Waals surface area contributed by atoms with Crippen molar-refractivity contribution in [2.75, 3.05) is 11.9 Å². The highest BCUT2D eigenvalue weighted by Crippen LogP contribution is 2.24. The minimum absolute atomic E-state index is 0.217. The highest BCUT2D eigenvalue weighted by atomic mass is 32.2. The Balaban J connectivity index is 2.14. The van der Waals surface area contributed by atoms with Crippen LogP contribution in [-0.2, 0) is 5.75 Å². The first-order valence-electron chi connectivity index (χ1n) is 7.08. The van der Waals surface area contributed by atoms with Crippen molar-refractivity contribution >= 4 is 17.6 Å². The lowest BCUT2D eigenvalue weighted by atomic mass is 10.1. The maximum absolute atomic E-state index is 13.2. The molecule has 0 aliphatic heterocycles. The molecule has 0 amide bonds. The van der Waals surface area contributed by atoms with Gasteiger partial charge in [-0.15, -0.1) is 11.8 Å². The highest BCUT2D eigenvalue weighted by Gasteiger charge is 2.08. The molecule has 0 aliphatic rings. The van der Waals surface area contributed by atoms with E-state index in [1.807, 2.05) is 19.1 Å². The normalized spacial score (nSPS) is 10.9. The number of aromatic nitrogens is 2. The van der Waals surface area contributed by atoms with E-state index in [9.17, 15) is 4.39 Å². The van der Waals surface area contributed by atoms with Crippen LogP contribution in [0.3, 0.4) is 0 Å². The molecule has 0 saturated heterocycles. The Labute approximate surface area is 129 Å². The monoisotopic (exact) mass is 305 g/mol. The van der Waals surface area contributed by atoms with Crippen molar-refractivity contribution in [1.82, 2.24) is 9.97 Å². The first-order chi connectivity index (χ1) is 10.1. The van der Waals surface area contributed by atoms with Gasteiger partial charge >= 0.3 is 0 Å². The molecule has 0 unspecified atom stereocenters. The number of halogens is 1. The third-order valence-corrected chi connectivity index (χ3v) is 3.90. The van der Waals surface area contributed by atoms with Crippen molar-refractivity contribution in [3.05, 3.63) is 47.7 Å². The Morgan fingerprint density at radius 2 is 2.05 bits per heavy atom. The van der Waals surface area contributed by atoms with Gasteiger partial charge in [-0.05, 0) is 31.0 Å². The SMILES string of the molecule is CCNc1cc(C(C)C)nc(CSc2cccc(F)c2)n1. The number of thioether (sulfide) groups is 1. The van der Waals surface area contributed by atoms with Gasteiger partial charge in [0.2, 0.25) is 0 Å². The topological polar surface area (TPSA) is 37.8 Å². The van der Waals surface area contributed by atoms with Crippen LogP contribution < -0.4 is 5.32 Å². The summed E-state index contributed by atoms with van der Waals surface area (Å²) in [6.45, 7) is 7.09. The van der Waals surface area contributed by atoms with Crippen LogP contribution in [-0.4, -0.2) is 16.5 Å². The van der Waals surface area contributed by atoms with Crippen LogP contribution in [0.15, 0.2) is 35.2 Å². The van der Waals surface area contributed by atoms with Gasteiger partial charge in [0.05, 0.1) is 5.75 Å². The van der Waals surface area contributed by atoms with E-state index in [0.717, 1.165) is 28.8 Å². The zero-order chi connectivity index (χ0) is 15.2. The molecule has 3 nitrogen and oxygen atoms in total. The average molecular weight is 305 g/mol. The van der Waals surface area contributed by atoms with E-state index >= 15 is 0 Å². The Bertz CT molecular complexity index is 602. The van der Waals surface area contributed by atoms with Crippen LogP contribution in [0.4, 0.5) is 10.2 Å². The second-order valence-corrected chi connectivity index (χ2v) is 6.07. The molecule has 1 N–H and O–H groups in total. The molecule has 1 aromatic carbocycles. The van der Waals surface area contributed by atoms with Crippen molar-refractivity contribution in [3.8, 4) is 0 Å². The third kappa shape index (κ3) is 4.70. The second kappa shape index (κ2) is 7.41. The van der Waals surface area contributed by atoms with Crippen LogP contribution in [0.25, 0.3) is 0 Å². The molecule has 0 bridgehead atoms. The zero-order valence-corrected chi connectivity index (χ0v) is 13.4. The molecule has 2 aromatic rings. The van der Waals surface area contributed by atoms with Crippen LogP contribution >= 0.6 is 11.8 Å². The Kier molecular flexibility index (Phi) is 5.56. The van der Waals surface area contributed by atoms with E-state index < -0.39 is 0 Å². The molecule has 1 aromatic heterocycles. The number of hydrogen-bond acceptors (Lipinski definition) is 4. The lowest BCUT2D eigenvalue weighted by Gasteiger charge is -2.11. The van der Waals surface area contributed by atoms with Gasteiger partial charge < -0.3 is 5.32 Å². The van der Waals surface area contributed by atoms with Crippen LogP contribution in [0.1, 0.15) is 38.2 Å². The summed E-state index contributed by atoms with van der Waals surface area (Å²) in [5, 5.41) is 3.23.